The van der Waals surface area contributed by atoms with E-state index in [0.29, 0.717) is 48.7 Å². The van der Waals surface area contributed by atoms with Crippen molar-refractivity contribution >= 4 is 22.7 Å². The molecule has 1 saturated heterocycles. The van der Waals surface area contributed by atoms with Crippen molar-refractivity contribution < 1.29 is 18.3 Å². The molecular formula is C20H19FN2O3. The van der Waals surface area contributed by atoms with Gasteiger partial charge in [-0.2, -0.15) is 0 Å². The van der Waals surface area contributed by atoms with Crippen LogP contribution < -0.4 is 5.32 Å². The van der Waals surface area contributed by atoms with Crippen molar-refractivity contribution in [2.45, 2.75) is 25.2 Å². The van der Waals surface area contributed by atoms with Crippen molar-refractivity contribution in [1.29, 1.82) is 0 Å². The van der Waals surface area contributed by atoms with Crippen molar-refractivity contribution in [3.63, 3.8) is 0 Å². The summed E-state index contributed by atoms with van der Waals surface area (Å²) in [5.41, 5.74) is 2.10. The molecule has 0 atom stereocenters. The molecule has 1 N–H and O–H groups in total. The van der Waals surface area contributed by atoms with Crippen LogP contribution in [0.5, 0.6) is 0 Å². The summed E-state index contributed by atoms with van der Waals surface area (Å²) in [6.45, 7) is 2.77. The second-order valence-electron chi connectivity index (χ2n) is 6.57. The molecule has 6 heteroatoms. The highest BCUT2D eigenvalue weighted by Gasteiger charge is 2.41. The van der Waals surface area contributed by atoms with Crippen LogP contribution in [0.4, 0.5) is 10.1 Å². The number of fused-ring (bicyclic) bond motifs is 1. The maximum atomic E-state index is 13.3. The van der Waals surface area contributed by atoms with Crippen molar-refractivity contribution in [2.24, 2.45) is 0 Å². The second-order valence-corrected chi connectivity index (χ2v) is 6.57. The monoisotopic (exact) mass is 354 g/mol. The molecule has 0 spiro atoms. The number of halogens is 1. The quantitative estimate of drug-likeness (QED) is 0.773. The minimum absolute atomic E-state index is 0.119. The Labute approximate surface area is 150 Å². The predicted octanol–water partition coefficient (Wildman–Crippen LogP) is 3.96. The minimum atomic E-state index is -0.735. The summed E-state index contributed by atoms with van der Waals surface area (Å²) < 4.78 is 24.3. The molecule has 5 nitrogen and oxygen atoms in total. The first kappa shape index (κ1) is 16.7. The fourth-order valence-corrected chi connectivity index (χ4v) is 3.51. The Kier molecular flexibility index (Phi) is 4.20. The Balaban J connectivity index is 1.66. The normalized spacial score (nSPS) is 16.5. The summed E-state index contributed by atoms with van der Waals surface area (Å²) in [5, 5.41) is 3.00. The van der Waals surface area contributed by atoms with Gasteiger partial charge in [0, 0.05) is 25.8 Å². The molecule has 1 amide bonds. The molecule has 0 radical (unpaired) electrons. The number of amides is 1. The van der Waals surface area contributed by atoms with E-state index >= 15 is 0 Å². The number of oxazole rings is 1. The molecule has 4 rings (SSSR count). The molecule has 26 heavy (non-hydrogen) atoms. The molecule has 1 aliphatic rings. The second kappa shape index (κ2) is 6.53. The van der Waals surface area contributed by atoms with Gasteiger partial charge >= 0.3 is 0 Å². The molecule has 1 aliphatic heterocycles. The van der Waals surface area contributed by atoms with E-state index in [1.807, 2.05) is 0 Å². The van der Waals surface area contributed by atoms with Crippen LogP contribution in [0, 0.1) is 12.7 Å². The lowest BCUT2D eigenvalue weighted by Gasteiger charge is -2.36. The van der Waals surface area contributed by atoms with E-state index in [0.717, 1.165) is 5.56 Å². The van der Waals surface area contributed by atoms with Crippen molar-refractivity contribution in [2.75, 3.05) is 18.5 Å². The Morgan fingerprint density at radius 2 is 1.88 bits per heavy atom. The first-order chi connectivity index (χ1) is 12.6. The zero-order valence-electron chi connectivity index (χ0n) is 14.4. The summed E-state index contributed by atoms with van der Waals surface area (Å²) >= 11 is 0. The lowest BCUT2D eigenvalue weighted by atomic mass is 9.73. The molecule has 0 aliphatic carbocycles. The highest BCUT2D eigenvalue weighted by Crippen LogP contribution is 2.36. The van der Waals surface area contributed by atoms with Gasteiger partial charge in [-0.3, -0.25) is 4.79 Å². The standard InChI is InChI=1S/C20H19FN2O3/c1-13-22-17-12-16(6-7-18(17)26-13)23-19(24)20(8-10-25-11-9-20)14-2-4-15(21)5-3-14/h2-7,12H,8-11H2,1H3,(H,23,24). The van der Waals surface area contributed by atoms with Gasteiger partial charge in [-0.05, 0) is 48.7 Å². The molecule has 0 unspecified atom stereocenters. The van der Waals surface area contributed by atoms with Gasteiger partial charge in [0.25, 0.3) is 0 Å². The van der Waals surface area contributed by atoms with E-state index in [9.17, 15) is 9.18 Å². The van der Waals surface area contributed by atoms with Gasteiger partial charge in [0.05, 0.1) is 5.41 Å². The number of anilines is 1. The van der Waals surface area contributed by atoms with Gasteiger partial charge in [0.15, 0.2) is 11.5 Å². The maximum absolute atomic E-state index is 13.3. The van der Waals surface area contributed by atoms with Crippen molar-refractivity contribution in [3.8, 4) is 0 Å². The van der Waals surface area contributed by atoms with Crippen LogP contribution in [0.3, 0.4) is 0 Å². The number of carbonyl (C=O) groups is 1. The largest absolute Gasteiger partial charge is 0.441 e. The SMILES string of the molecule is Cc1nc2cc(NC(=O)C3(c4ccc(F)cc4)CCOCC3)ccc2o1. The summed E-state index contributed by atoms with van der Waals surface area (Å²) in [6.07, 6.45) is 1.10. The Morgan fingerprint density at radius 3 is 2.62 bits per heavy atom. The Hall–Kier alpha value is -2.73. The molecule has 2 aromatic carbocycles. The summed E-state index contributed by atoms with van der Waals surface area (Å²) in [4.78, 5) is 17.5. The Morgan fingerprint density at radius 1 is 1.15 bits per heavy atom. The van der Waals surface area contributed by atoms with E-state index in [1.165, 1.54) is 12.1 Å². The van der Waals surface area contributed by atoms with Crippen LogP contribution in [0.1, 0.15) is 24.3 Å². The number of benzene rings is 2. The van der Waals surface area contributed by atoms with Crippen LogP contribution in [0.2, 0.25) is 0 Å². The number of carbonyl (C=O) groups excluding carboxylic acids is 1. The van der Waals surface area contributed by atoms with Crippen molar-refractivity contribution in [1.82, 2.24) is 4.98 Å². The Bertz CT molecular complexity index is 943. The first-order valence-corrected chi connectivity index (χ1v) is 8.59. The molecule has 3 aromatic rings. The molecule has 0 bridgehead atoms. The predicted molar refractivity (Wildman–Crippen MR) is 95.5 cm³/mol. The third kappa shape index (κ3) is 2.97. The maximum Gasteiger partial charge on any atom is 0.235 e. The number of aryl methyl sites for hydroxylation is 1. The average Bonchev–Trinajstić information content (AvgIpc) is 3.02. The lowest BCUT2D eigenvalue weighted by Crippen LogP contribution is -2.44. The van der Waals surface area contributed by atoms with E-state index < -0.39 is 5.41 Å². The minimum Gasteiger partial charge on any atom is -0.441 e. The van der Waals surface area contributed by atoms with Crippen LogP contribution in [0.15, 0.2) is 46.9 Å². The number of ether oxygens (including phenoxy) is 1. The molecule has 2 heterocycles. The van der Waals surface area contributed by atoms with Crippen LogP contribution in [-0.2, 0) is 14.9 Å². The number of rotatable bonds is 3. The zero-order valence-corrected chi connectivity index (χ0v) is 14.4. The zero-order chi connectivity index (χ0) is 18.1. The van der Waals surface area contributed by atoms with Crippen molar-refractivity contribution in [3.05, 3.63) is 59.7 Å². The number of hydrogen-bond donors (Lipinski definition) is 1. The highest BCUT2D eigenvalue weighted by molar-refractivity contribution is 6.00. The van der Waals surface area contributed by atoms with Gasteiger partial charge in [0.1, 0.15) is 11.3 Å². The van der Waals surface area contributed by atoms with Crippen LogP contribution in [0.25, 0.3) is 11.1 Å². The van der Waals surface area contributed by atoms with Gasteiger partial charge in [-0.25, -0.2) is 9.37 Å². The molecule has 1 aromatic heterocycles. The first-order valence-electron chi connectivity index (χ1n) is 8.59. The molecule has 134 valence electrons. The highest BCUT2D eigenvalue weighted by atomic mass is 19.1. The van der Waals surface area contributed by atoms with E-state index in [-0.39, 0.29) is 11.7 Å². The smallest absolute Gasteiger partial charge is 0.235 e. The fraction of sp³-hybridized carbons (Fsp3) is 0.300. The molecule has 0 saturated carbocycles. The average molecular weight is 354 g/mol. The number of nitrogens with one attached hydrogen (secondary N) is 1. The third-order valence-electron chi connectivity index (χ3n) is 4.93. The van der Waals surface area contributed by atoms with Crippen LogP contribution >= 0.6 is 0 Å². The van der Waals surface area contributed by atoms with Gasteiger partial charge in [0.2, 0.25) is 5.91 Å². The number of nitrogens with zero attached hydrogens (tertiary/aromatic N) is 1. The summed E-state index contributed by atoms with van der Waals surface area (Å²) in [7, 11) is 0. The van der Waals surface area contributed by atoms with E-state index in [1.54, 1.807) is 37.3 Å². The fourth-order valence-electron chi connectivity index (χ4n) is 3.51. The third-order valence-corrected chi connectivity index (χ3v) is 4.93. The topological polar surface area (TPSA) is 64.4 Å². The van der Waals surface area contributed by atoms with Gasteiger partial charge < -0.3 is 14.5 Å². The van der Waals surface area contributed by atoms with E-state index in [2.05, 4.69) is 10.3 Å². The molecule has 1 fully saturated rings. The van der Waals surface area contributed by atoms with Crippen LogP contribution in [-0.4, -0.2) is 24.1 Å². The molecular weight excluding hydrogens is 335 g/mol. The van der Waals surface area contributed by atoms with Gasteiger partial charge in [-0.15, -0.1) is 0 Å². The summed E-state index contributed by atoms with van der Waals surface area (Å²) in [6, 6.07) is 11.5. The number of hydrogen-bond acceptors (Lipinski definition) is 4. The number of aromatic nitrogens is 1. The van der Waals surface area contributed by atoms with E-state index in [4.69, 9.17) is 9.15 Å². The summed E-state index contributed by atoms with van der Waals surface area (Å²) in [5.74, 6) is 0.144. The van der Waals surface area contributed by atoms with Gasteiger partial charge in [-0.1, -0.05) is 12.1 Å². The lowest BCUT2D eigenvalue weighted by molar-refractivity contribution is -0.125.